The van der Waals surface area contributed by atoms with E-state index in [1.807, 2.05) is 0 Å². The van der Waals surface area contributed by atoms with Crippen LogP contribution in [0.5, 0.6) is 5.75 Å². The maximum atomic E-state index is 5.87. The summed E-state index contributed by atoms with van der Waals surface area (Å²) >= 11 is 0. The van der Waals surface area contributed by atoms with Crippen molar-refractivity contribution in [1.29, 1.82) is 0 Å². The van der Waals surface area contributed by atoms with Crippen LogP contribution in [-0.2, 0) is 6.42 Å². The van der Waals surface area contributed by atoms with Gasteiger partial charge < -0.3 is 4.74 Å². The largest absolute Gasteiger partial charge is 0.494 e. The second kappa shape index (κ2) is 15.1. The lowest BCUT2D eigenvalue weighted by Gasteiger charge is -2.29. The smallest absolute Gasteiger partial charge is 0.119 e. The number of hydrogen-bond donors (Lipinski definition) is 0. The third kappa shape index (κ3) is 9.51. The molecular formula is C31H47NO. The van der Waals surface area contributed by atoms with Gasteiger partial charge in [0, 0.05) is 11.8 Å². The fourth-order valence-electron chi connectivity index (χ4n) is 5.34. The summed E-state index contributed by atoms with van der Waals surface area (Å²) < 4.78 is 5.87. The van der Waals surface area contributed by atoms with Gasteiger partial charge >= 0.3 is 0 Å². The van der Waals surface area contributed by atoms with Crippen LogP contribution in [0.1, 0.15) is 109 Å². The van der Waals surface area contributed by atoms with Crippen LogP contribution >= 0.6 is 0 Å². The van der Waals surface area contributed by atoms with E-state index in [1.165, 1.54) is 95.5 Å². The van der Waals surface area contributed by atoms with Gasteiger partial charge in [-0.1, -0.05) is 90.5 Å². The lowest BCUT2D eigenvalue weighted by Crippen LogP contribution is -2.16. The molecule has 1 aromatic carbocycles. The van der Waals surface area contributed by atoms with E-state index < -0.39 is 0 Å². The Hall–Kier alpha value is -1.83. The Balaban J connectivity index is 1.40. The molecule has 1 aliphatic carbocycles. The van der Waals surface area contributed by atoms with Crippen LogP contribution in [0.4, 0.5) is 0 Å². The van der Waals surface area contributed by atoms with E-state index in [1.54, 1.807) is 0 Å². The molecule has 2 heteroatoms. The van der Waals surface area contributed by atoms with Crippen LogP contribution in [-0.4, -0.2) is 11.6 Å². The molecule has 2 atom stereocenters. The number of aromatic nitrogens is 1. The molecule has 2 aromatic rings. The van der Waals surface area contributed by atoms with Gasteiger partial charge in [0.2, 0.25) is 0 Å². The minimum Gasteiger partial charge on any atom is -0.494 e. The summed E-state index contributed by atoms with van der Waals surface area (Å²) in [5.74, 6) is 2.87. The molecule has 2 nitrogen and oxygen atoms in total. The number of pyridine rings is 1. The monoisotopic (exact) mass is 449 g/mol. The van der Waals surface area contributed by atoms with Crippen molar-refractivity contribution in [2.24, 2.45) is 11.8 Å². The van der Waals surface area contributed by atoms with Crippen molar-refractivity contribution in [3.8, 4) is 17.0 Å². The molecule has 0 amide bonds. The highest BCUT2D eigenvalue weighted by Crippen LogP contribution is 2.35. The van der Waals surface area contributed by atoms with Crippen LogP contribution in [0, 0.1) is 11.8 Å². The number of benzene rings is 1. The molecule has 0 radical (unpaired) electrons. The van der Waals surface area contributed by atoms with Crippen molar-refractivity contribution < 1.29 is 4.74 Å². The predicted molar refractivity (Wildman–Crippen MR) is 142 cm³/mol. The minimum atomic E-state index is 0.812. The zero-order chi connectivity index (χ0) is 23.1. The zero-order valence-electron chi connectivity index (χ0n) is 21.4. The van der Waals surface area contributed by atoms with Gasteiger partial charge in [0.25, 0.3) is 0 Å². The molecule has 1 saturated carbocycles. The standard InChI is InChI=1S/C31H47NO/c1-3-5-7-9-12-26-13-11-14-27(24-26)15-16-28-17-22-31(32-25-28)29-18-20-30(21-19-29)33-23-10-8-6-4-2/h17-22,25-27H,3-16,23-24H2,1-2H3. The number of hydrogen-bond acceptors (Lipinski definition) is 2. The van der Waals surface area contributed by atoms with Gasteiger partial charge in [-0.3, -0.25) is 4.98 Å². The SMILES string of the molecule is CCCCCCOc1ccc(-c2ccc(CCC3CCCC(CCCCCC)C3)cn2)cc1. The molecular weight excluding hydrogens is 402 g/mol. The highest BCUT2D eigenvalue weighted by atomic mass is 16.5. The van der Waals surface area contributed by atoms with Gasteiger partial charge in [0.05, 0.1) is 12.3 Å². The maximum Gasteiger partial charge on any atom is 0.119 e. The third-order valence-corrected chi connectivity index (χ3v) is 7.44. The molecule has 182 valence electrons. The Morgan fingerprint density at radius 3 is 2.21 bits per heavy atom. The van der Waals surface area contributed by atoms with Crippen molar-refractivity contribution in [2.45, 2.75) is 110 Å². The summed E-state index contributed by atoms with van der Waals surface area (Å²) in [7, 11) is 0. The van der Waals surface area contributed by atoms with Gasteiger partial charge in [0.15, 0.2) is 0 Å². The van der Waals surface area contributed by atoms with Gasteiger partial charge in [0.1, 0.15) is 5.75 Å². The van der Waals surface area contributed by atoms with E-state index in [-0.39, 0.29) is 0 Å². The van der Waals surface area contributed by atoms with Crippen molar-refractivity contribution in [3.63, 3.8) is 0 Å². The van der Waals surface area contributed by atoms with E-state index in [0.29, 0.717) is 0 Å². The molecule has 0 aliphatic heterocycles. The lowest BCUT2D eigenvalue weighted by atomic mass is 9.77. The van der Waals surface area contributed by atoms with E-state index in [0.717, 1.165) is 41.9 Å². The third-order valence-electron chi connectivity index (χ3n) is 7.44. The van der Waals surface area contributed by atoms with Crippen LogP contribution in [0.15, 0.2) is 42.6 Å². The first-order chi connectivity index (χ1) is 16.3. The molecule has 0 saturated heterocycles. The van der Waals surface area contributed by atoms with Gasteiger partial charge in [-0.15, -0.1) is 0 Å². The second-order valence-corrected chi connectivity index (χ2v) is 10.3. The van der Waals surface area contributed by atoms with Crippen LogP contribution in [0.3, 0.4) is 0 Å². The molecule has 3 rings (SSSR count). The van der Waals surface area contributed by atoms with E-state index in [4.69, 9.17) is 9.72 Å². The average Bonchev–Trinajstić information content (AvgIpc) is 2.86. The number of aryl methyl sites for hydroxylation is 1. The first kappa shape index (κ1) is 25.8. The summed E-state index contributed by atoms with van der Waals surface area (Å²) in [4.78, 5) is 4.77. The highest BCUT2D eigenvalue weighted by Gasteiger charge is 2.21. The summed E-state index contributed by atoms with van der Waals surface area (Å²) in [5, 5.41) is 0. The summed E-state index contributed by atoms with van der Waals surface area (Å²) in [6, 6.07) is 12.9. The molecule has 2 unspecified atom stereocenters. The molecule has 0 spiro atoms. The van der Waals surface area contributed by atoms with Crippen LogP contribution in [0.25, 0.3) is 11.3 Å². The van der Waals surface area contributed by atoms with Crippen molar-refractivity contribution in [3.05, 3.63) is 48.2 Å². The molecule has 1 heterocycles. The van der Waals surface area contributed by atoms with Crippen molar-refractivity contribution in [1.82, 2.24) is 4.98 Å². The summed E-state index contributed by atoms with van der Waals surface area (Å²) in [6.45, 7) is 5.36. The number of rotatable bonds is 15. The Morgan fingerprint density at radius 1 is 0.788 bits per heavy atom. The first-order valence-electron chi connectivity index (χ1n) is 14.0. The van der Waals surface area contributed by atoms with Crippen LogP contribution in [0.2, 0.25) is 0 Å². The van der Waals surface area contributed by atoms with Gasteiger partial charge in [-0.25, -0.2) is 0 Å². The Labute approximate surface area is 203 Å². The van der Waals surface area contributed by atoms with Crippen molar-refractivity contribution >= 4 is 0 Å². The summed E-state index contributed by atoms with van der Waals surface area (Å²) in [6.07, 6.45) is 22.5. The Morgan fingerprint density at radius 2 is 1.52 bits per heavy atom. The number of ether oxygens (including phenoxy) is 1. The van der Waals surface area contributed by atoms with E-state index in [9.17, 15) is 0 Å². The highest BCUT2D eigenvalue weighted by molar-refractivity contribution is 5.60. The molecule has 1 aromatic heterocycles. The minimum absolute atomic E-state index is 0.812. The molecule has 33 heavy (non-hydrogen) atoms. The Kier molecular flexibility index (Phi) is 11.8. The quantitative estimate of drug-likeness (QED) is 0.253. The Bertz CT molecular complexity index is 751. The molecule has 1 fully saturated rings. The predicted octanol–water partition coefficient (Wildman–Crippen LogP) is 9.42. The number of unbranched alkanes of at least 4 members (excludes halogenated alkanes) is 6. The molecule has 0 N–H and O–H groups in total. The van der Waals surface area contributed by atoms with E-state index in [2.05, 4.69) is 56.4 Å². The molecule has 0 bridgehead atoms. The average molecular weight is 450 g/mol. The van der Waals surface area contributed by atoms with Gasteiger partial charge in [-0.2, -0.15) is 0 Å². The van der Waals surface area contributed by atoms with E-state index >= 15 is 0 Å². The topological polar surface area (TPSA) is 22.1 Å². The van der Waals surface area contributed by atoms with Gasteiger partial charge in [-0.05, 0) is 73.4 Å². The maximum absolute atomic E-state index is 5.87. The lowest BCUT2D eigenvalue weighted by molar-refractivity contribution is 0.239. The zero-order valence-corrected chi connectivity index (χ0v) is 21.4. The fraction of sp³-hybridized carbons (Fsp3) is 0.645. The number of nitrogens with zero attached hydrogens (tertiary/aromatic N) is 1. The van der Waals surface area contributed by atoms with Crippen molar-refractivity contribution in [2.75, 3.05) is 6.61 Å². The van der Waals surface area contributed by atoms with Crippen LogP contribution < -0.4 is 4.74 Å². The molecule has 1 aliphatic rings. The fourth-order valence-corrected chi connectivity index (χ4v) is 5.34. The second-order valence-electron chi connectivity index (χ2n) is 10.3. The first-order valence-corrected chi connectivity index (χ1v) is 14.0. The normalized spacial score (nSPS) is 18.4. The summed E-state index contributed by atoms with van der Waals surface area (Å²) in [5.41, 5.74) is 3.60.